The van der Waals surface area contributed by atoms with Crippen LogP contribution in [-0.2, 0) is 19.0 Å². The minimum absolute atomic E-state index is 0.0293. The van der Waals surface area contributed by atoms with Crippen LogP contribution in [0.4, 0.5) is 19.4 Å². The first-order valence-corrected chi connectivity index (χ1v) is 13.8. The lowest BCUT2D eigenvalue weighted by Gasteiger charge is -2.24. The zero-order valence-electron chi connectivity index (χ0n) is 23.4. The molecule has 0 radical (unpaired) electrons. The Morgan fingerprint density at radius 2 is 1.69 bits per heavy atom. The van der Waals surface area contributed by atoms with Crippen LogP contribution in [0, 0.1) is 0 Å². The van der Waals surface area contributed by atoms with Crippen molar-refractivity contribution in [2.24, 2.45) is 0 Å². The first-order chi connectivity index (χ1) is 18.4. The van der Waals surface area contributed by atoms with Gasteiger partial charge in [-0.15, -0.1) is 0 Å². The summed E-state index contributed by atoms with van der Waals surface area (Å²) in [7, 11) is 0. The number of nitrogens with zero attached hydrogens (tertiary/aromatic N) is 2. The largest absolute Gasteiger partial charge is 0.453 e. The highest BCUT2D eigenvalue weighted by atomic mass is 19.3. The van der Waals surface area contributed by atoms with E-state index >= 15 is 8.78 Å². The van der Waals surface area contributed by atoms with Crippen molar-refractivity contribution in [3.8, 4) is 0 Å². The van der Waals surface area contributed by atoms with Crippen molar-refractivity contribution in [2.45, 2.75) is 128 Å². The molecule has 1 aliphatic heterocycles. The van der Waals surface area contributed by atoms with Gasteiger partial charge in [0.15, 0.2) is 6.10 Å². The molecule has 0 saturated carbocycles. The number of amides is 1. The standard InChI is InChI=1S/C27H43F2N3O7/c1-5-6-7-8-9-10-11-12-13-14-15-21(34)38-22-19(18-33)37-23(27(22,28)29)32-17-16-20(30-24(32)35)31-25(36)39-26(2,3)4/h16-17,19,22-23,33H,5-15,18H2,1-4H3,(H,30,31,35,36)/t19?,22-,23-/m1/s1. The number of nitrogens with one attached hydrogen (secondary N) is 1. The Labute approximate surface area is 228 Å². The molecule has 10 nitrogen and oxygen atoms in total. The molecule has 1 saturated heterocycles. The molecule has 12 heteroatoms. The summed E-state index contributed by atoms with van der Waals surface area (Å²) in [6.45, 7) is 6.28. The second-order valence-electron chi connectivity index (χ2n) is 10.9. The predicted molar refractivity (Wildman–Crippen MR) is 141 cm³/mol. The molecule has 1 aromatic heterocycles. The fourth-order valence-corrected chi connectivity index (χ4v) is 4.29. The number of alkyl halides is 2. The van der Waals surface area contributed by atoms with Gasteiger partial charge < -0.3 is 19.3 Å². The Bertz CT molecular complexity index is 981. The summed E-state index contributed by atoms with van der Waals surface area (Å²) in [6, 6.07) is 1.13. The minimum Gasteiger partial charge on any atom is -0.453 e. The van der Waals surface area contributed by atoms with E-state index in [0.29, 0.717) is 11.0 Å². The molecule has 1 aromatic rings. The van der Waals surface area contributed by atoms with Gasteiger partial charge in [0.2, 0.25) is 6.23 Å². The Morgan fingerprint density at radius 3 is 2.23 bits per heavy atom. The van der Waals surface area contributed by atoms with Crippen LogP contribution in [0.3, 0.4) is 0 Å². The summed E-state index contributed by atoms with van der Waals surface area (Å²) in [5, 5.41) is 11.9. The molecule has 2 heterocycles. The number of carbonyl (C=O) groups is 2. The SMILES string of the molecule is CCCCCCCCCCCCC(=O)O[C@@H]1C(CO)O[C@@H](n2ccc(NC(=O)OC(C)(C)C)nc2=O)C1(F)F. The van der Waals surface area contributed by atoms with Gasteiger partial charge in [-0.25, -0.2) is 9.59 Å². The lowest BCUT2D eigenvalue weighted by atomic mass is 10.1. The van der Waals surface area contributed by atoms with E-state index in [0.717, 1.165) is 37.9 Å². The summed E-state index contributed by atoms with van der Waals surface area (Å²) in [6.07, 6.45) is 4.94. The molecule has 0 aromatic carbocycles. The maximum absolute atomic E-state index is 15.3. The molecule has 1 aliphatic rings. The summed E-state index contributed by atoms with van der Waals surface area (Å²) in [4.78, 5) is 40.3. The maximum Gasteiger partial charge on any atom is 0.413 e. The van der Waals surface area contributed by atoms with Gasteiger partial charge in [-0.1, -0.05) is 64.7 Å². The average Bonchev–Trinajstić information content (AvgIpc) is 3.08. The summed E-state index contributed by atoms with van der Waals surface area (Å²) < 4.78 is 46.4. The number of unbranched alkanes of at least 4 members (excludes halogenated alkanes) is 9. The smallest absolute Gasteiger partial charge is 0.413 e. The van der Waals surface area contributed by atoms with E-state index in [9.17, 15) is 19.5 Å². The quantitative estimate of drug-likeness (QED) is 0.218. The number of rotatable bonds is 15. The fraction of sp³-hybridized carbons (Fsp3) is 0.778. The van der Waals surface area contributed by atoms with Crippen LogP contribution in [0.2, 0.25) is 0 Å². The molecule has 222 valence electrons. The highest BCUT2D eigenvalue weighted by Crippen LogP contribution is 2.44. The number of aromatic nitrogens is 2. The van der Waals surface area contributed by atoms with Crippen LogP contribution in [0.25, 0.3) is 0 Å². The van der Waals surface area contributed by atoms with Gasteiger partial charge in [0, 0.05) is 12.6 Å². The number of esters is 1. The van der Waals surface area contributed by atoms with Gasteiger partial charge in [0.1, 0.15) is 17.5 Å². The van der Waals surface area contributed by atoms with Crippen molar-refractivity contribution in [3.05, 3.63) is 22.7 Å². The van der Waals surface area contributed by atoms with Gasteiger partial charge in [-0.3, -0.25) is 14.7 Å². The van der Waals surface area contributed by atoms with Crippen molar-refractivity contribution in [1.82, 2.24) is 9.55 Å². The zero-order valence-corrected chi connectivity index (χ0v) is 23.4. The van der Waals surface area contributed by atoms with Crippen molar-refractivity contribution >= 4 is 17.9 Å². The maximum atomic E-state index is 15.3. The Balaban J connectivity index is 1.90. The van der Waals surface area contributed by atoms with E-state index < -0.39 is 54.3 Å². The van der Waals surface area contributed by atoms with Crippen LogP contribution in [0.5, 0.6) is 0 Å². The average molecular weight is 560 g/mol. The van der Waals surface area contributed by atoms with Gasteiger partial charge >= 0.3 is 23.7 Å². The number of ether oxygens (including phenoxy) is 3. The molecule has 39 heavy (non-hydrogen) atoms. The molecule has 1 unspecified atom stereocenters. The van der Waals surface area contributed by atoms with Gasteiger partial charge in [-0.05, 0) is 33.3 Å². The van der Waals surface area contributed by atoms with E-state index in [1.807, 2.05) is 0 Å². The van der Waals surface area contributed by atoms with E-state index in [4.69, 9.17) is 14.2 Å². The molecule has 2 rings (SSSR count). The molecule has 0 spiro atoms. The lowest BCUT2D eigenvalue weighted by molar-refractivity contribution is -0.176. The van der Waals surface area contributed by atoms with Crippen LogP contribution >= 0.6 is 0 Å². The van der Waals surface area contributed by atoms with E-state index in [1.54, 1.807) is 20.8 Å². The highest BCUT2D eigenvalue weighted by Gasteiger charge is 2.62. The molecule has 1 fully saturated rings. The second kappa shape index (κ2) is 15.3. The zero-order chi connectivity index (χ0) is 29.1. The summed E-state index contributed by atoms with van der Waals surface area (Å²) >= 11 is 0. The highest BCUT2D eigenvalue weighted by molar-refractivity contribution is 5.83. The second-order valence-corrected chi connectivity index (χ2v) is 10.9. The lowest BCUT2D eigenvalue weighted by Crippen LogP contribution is -2.44. The topological polar surface area (TPSA) is 129 Å². The normalized spacial score (nSPS) is 20.5. The fourth-order valence-electron chi connectivity index (χ4n) is 4.29. The molecule has 2 N–H and O–H groups in total. The third-order valence-corrected chi connectivity index (χ3v) is 6.23. The van der Waals surface area contributed by atoms with E-state index in [2.05, 4.69) is 17.2 Å². The molecule has 3 atom stereocenters. The van der Waals surface area contributed by atoms with Crippen LogP contribution < -0.4 is 11.0 Å². The number of aliphatic hydroxyl groups excluding tert-OH is 1. The number of anilines is 1. The summed E-state index contributed by atoms with van der Waals surface area (Å²) in [5.41, 5.74) is -1.93. The first-order valence-electron chi connectivity index (χ1n) is 13.8. The predicted octanol–water partition coefficient (Wildman–Crippen LogP) is 5.34. The Kier molecular flexibility index (Phi) is 12.8. The molecular weight excluding hydrogens is 516 g/mol. The van der Waals surface area contributed by atoms with Crippen LogP contribution in [0.15, 0.2) is 17.1 Å². The summed E-state index contributed by atoms with van der Waals surface area (Å²) in [5.74, 6) is -4.85. The molecule has 0 aliphatic carbocycles. The van der Waals surface area contributed by atoms with Crippen molar-refractivity contribution < 1.29 is 37.7 Å². The van der Waals surface area contributed by atoms with Crippen molar-refractivity contribution in [2.75, 3.05) is 11.9 Å². The third-order valence-electron chi connectivity index (χ3n) is 6.23. The Morgan fingerprint density at radius 1 is 1.10 bits per heavy atom. The number of carbonyl (C=O) groups excluding carboxylic acids is 2. The van der Waals surface area contributed by atoms with Crippen LogP contribution in [0.1, 0.15) is 105 Å². The first kappa shape index (κ1) is 32.6. The van der Waals surface area contributed by atoms with Crippen molar-refractivity contribution in [1.29, 1.82) is 0 Å². The van der Waals surface area contributed by atoms with Gasteiger partial charge in [0.05, 0.1) is 6.61 Å². The van der Waals surface area contributed by atoms with Gasteiger partial charge in [0.25, 0.3) is 0 Å². The minimum atomic E-state index is -3.83. The number of hydrogen-bond acceptors (Lipinski definition) is 8. The van der Waals surface area contributed by atoms with Crippen molar-refractivity contribution in [3.63, 3.8) is 0 Å². The number of hydrogen-bond donors (Lipinski definition) is 2. The third kappa shape index (κ3) is 10.5. The molecule has 0 bridgehead atoms. The molecular formula is C27H43F2N3O7. The number of aliphatic hydroxyl groups is 1. The van der Waals surface area contributed by atoms with E-state index in [-0.39, 0.29) is 12.2 Å². The Hall–Kier alpha value is -2.60. The van der Waals surface area contributed by atoms with Crippen LogP contribution in [-0.4, -0.2) is 57.1 Å². The van der Waals surface area contributed by atoms with E-state index in [1.165, 1.54) is 32.1 Å². The van der Waals surface area contributed by atoms with Gasteiger partial charge in [-0.2, -0.15) is 13.8 Å². The monoisotopic (exact) mass is 559 g/mol. The molecule has 1 amide bonds. The number of halogens is 2.